The second-order valence-corrected chi connectivity index (χ2v) is 4.41. The van der Waals surface area contributed by atoms with E-state index >= 15 is 0 Å². The number of anilines is 1. The minimum Gasteiger partial charge on any atom is -0.378 e. The zero-order valence-corrected chi connectivity index (χ0v) is 11.4. The number of nitrogens with two attached hydrogens (primary N) is 1. The van der Waals surface area contributed by atoms with E-state index < -0.39 is 0 Å². The molecule has 0 saturated heterocycles. The fourth-order valence-corrected chi connectivity index (χ4v) is 2.02. The van der Waals surface area contributed by atoms with E-state index in [-0.39, 0.29) is 0 Å². The van der Waals surface area contributed by atoms with Gasteiger partial charge in [0.2, 0.25) is 0 Å². The second kappa shape index (κ2) is 5.78. The molecule has 0 amide bonds. The van der Waals surface area contributed by atoms with E-state index in [2.05, 4.69) is 25.4 Å². The number of fused-ring (bicyclic) bond motifs is 1. The second-order valence-electron chi connectivity index (χ2n) is 4.41. The summed E-state index contributed by atoms with van der Waals surface area (Å²) in [7, 11) is 1.61. The van der Waals surface area contributed by atoms with Crippen molar-refractivity contribution in [1.82, 2.24) is 19.9 Å². The van der Waals surface area contributed by atoms with Crippen molar-refractivity contribution in [3.05, 3.63) is 42.4 Å². The number of benzene rings is 1. The maximum atomic E-state index is 5.45. The topological polar surface area (TPSA) is 98.8 Å². The molecule has 0 saturated carbocycles. The Hall–Kier alpha value is -2.64. The number of nitrogen functional groups attached to an aromatic ring is 1. The molecule has 0 aliphatic carbocycles. The fraction of sp³-hybridized carbons (Fsp3) is 0.143. The molecule has 0 fully saturated rings. The van der Waals surface area contributed by atoms with Gasteiger partial charge in [-0.25, -0.2) is 15.8 Å². The highest BCUT2D eigenvalue weighted by Gasteiger charge is 2.08. The summed E-state index contributed by atoms with van der Waals surface area (Å²) in [6.45, 7) is 0.386. The van der Waals surface area contributed by atoms with E-state index in [0.29, 0.717) is 18.2 Å². The van der Waals surface area contributed by atoms with Crippen molar-refractivity contribution < 1.29 is 4.74 Å². The molecular weight excluding hydrogens is 268 g/mol. The van der Waals surface area contributed by atoms with Crippen LogP contribution < -0.4 is 11.3 Å². The Bertz CT molecular complexity index is 776. The Labute approximate surface area is 121 Å². The molecule has 0 spiro atoms. The predicted molar refractivity (Wildman–Crippen MR) is 79.1 cm³/mol. The van der Waals surface area contributed by atoms with Gasteiger partial charge in [0, 0.05) is 31.1 Å². The van der Waals surface area contributed by atoms with Gasteiger partial charge < -0.3 is 10.2 Å². The van der Waals surface area contributed by atoms with Gasteiger partial charge in [-0.2, -0.15) is 0 Å². The van der Waals surface area contributed by atoms with Gasteiger partial charge in [-0.1, -0.05) is 0 Å². The fourth-order valence-electron chi connectivity index (χ4n) is 2.02. The maximum Gasteiger partial charge on any atom is 0.161 e. The number of nitrogens with zero attached hydrogens (tertiary/aromatic N) is 4. The average Bonchev–Trinajstić information content (AvgIpc) is 2.54. The van der Waals surface area contributed by atoms with Crippen LogP contribution in [0.3, 0.4) is 0 Å². The van der Waals surface area contributed by atoms with Crippen LogP contribution in [0, 0.1) is 0 Å². The highest BCUT2D eigenvalue weighted by atomic mass is 16.5. The molecular formula is C14H14N6O. The van der Waals surface area contributed by atoms with E-state index in [1.807, 2.05) is 18.2 Å². The molecule has 21 heavy (non-hydrogen) atoms. The van der Waals surface area contributed by atoms with Crippen LogP contribution in [0.4, 0.5) is 5.82 Å². The lowest BCUT2D eigenvalue weighted by Crippen LogP contribution is -2.10. The van der Waals surface area contributed by atoms with E-state index in [1.54, 1.807) is 25.6 Å². The Balaban J connectivity index is 2.10. The SMILES string of the molecule is COCc1cc(NN)nc(-c2ccc3nccnc3c2)n1. The molecule has 106 valence electrons. The molecule has 3 aromatic rings. The molecule has 7 heteroatoms. The van der Waals surface area contributed by atoms with Gasteiger partial charge in [0.05, 0.1) is 23.3 Å². The van der Waals surface area contributed by atoms with Crippen LogP contribution in [-0.2, 0) is 11.3 Å². The lowest BCUT2D eigenvalue weighted by Gasteiger charge is -2.07. The summed E-state index contributed by atoms with van der Waals surface area (Å²) >= 11 is 0. The molecule has 0 aliphatic heterocycles. The summed E-state index contributed by atoms with van der Waals surface area (Å²) in [5.74, 6) is 6.54. The molecule has 2 aromatic heterocycles. The molecule has 0 unspecified atom stereocenters. The zero-order chi connectivity index (χ0) is 14.7. The summed E-state index contributed by atoms with van der Waals surface area (Å²) in [5, 5.41) is 0. The molecule has 0 radical (unpaired) electrons. The molecule has 2 heterocycles. The first-order chi connectivity index (χ1) is 10.3. The first-order valence-electron chi connectivity index (χ1n) is 6.35. The standard InChI is InChI=1S/C14H14N6O/c1-21-8-10-7-13(20-15)19-14(18-10)9-2-3-11-12(6-9)17-5-4-16-11/h2-7H,8,15H2,1H3,(H,18,19,20). The lowest BCUT2D eigenvalue weighted by atomic mass is 10.1. The first-order valence-corrected chi connectivity index (χ1v) is 6.35. The van der Waals surface area contributed by atoms with E-state index in [9.17, 15) is 0 Å². The molecule has 7 nitrogen and oxygen atoms in total. The number of hydrogen-bond acceptors (Lipinski definition) is 7. The van der Waals surface area contributed by atoms with E-state index in [1.165, 1.54) is 0 Å². The van der Waals surface area contributed by atoms with Gasteiger partial charge in [-0.3, -0.25) is 9.97 Å². The summed E-state index contributed by atoms with van der Waals surface area (Å²) in [6.07, 6.45) is 3.31. The van der Waals surface area contributed by atoms with Crippen LogP contribution in [0.1, 0.15) is 5.69 Å². The third-order valence-corrected chi connectivity index (χ3v) is 2.95. The zero-order valence-electron chi connectivity index (χ0n) is 11.4. The van der Waals surface area contributed by atoms with Crippen molar-refractivity contribution in [2.75, 3.05) is 12.5 Å². The molecule has 3 rings (SSSR count). The molecule has 0 atom stereocenters. The predicted octanol–water partition coefficient (Wildman–Crippen LogP) is 1.52. The van der Waals surface area contributed by atoms with Crippen LogP contribution in [0.2, 0.25) is 0 Å². The normalized spacial score (nSPS) is 10.8. The van der Waals surface area contributed by atoms with Gasteiger partial charge in [-0.15, -0.1) is 0 Å². The monoisotopic (exact) mass is 282 g/mol. The number of aromatic nitrogens is 4. The summed E-state index contributed by atoms with van der Waals surface area (Å²) in [6, 6.07) is 7.44. The van der Waals surface area contributed by atoms with Gasteiger partial charge in [0.25, 0.3) is 0 Å². The smallest absolute Gasteiger partial charge is 0.161 e. The number of ether oxygens (including phenoxy) is 1. The lowest BCUT2D eigenvalue weighted by molar-refractivity contribution is 0.181. The van der Waals surface area contributed by atoms with Crippen molar-refractivity contribution >= 4 is 16.9 Å². The minimum atomic E-state index is 0.386. The van der Waals surface area contributed by atoms with Crippen LogP contribution in [0.5, 0.6) is 0 Å². The highest BCUT2D eigenvalue weighted by molar-refractivity contribution is 5.79. The quantitative estimate of drug-likeness (QED) is 0.553. The Kier molecular flexibility index (Phi) is 3.67. The number of nitrogens with one attached hydrogen (secondary N) is 1. The highest BCUT2D eigenvalue weighted by Crippen LogP contribution is 2.21. The maximum absolute atomic E-state index is 5.45. The molecule has 1 aromatic carbocycles. The summed E-state index contributed by atoms with van der Waals surface area (Å²) in [4.78, 5) is 17.4. The average molecular weight is 282 g/mol. The van der Waals surface area contributed by atoms with Gasteiger partial charge in [0.1, 0.15) is 5.82 Å². The molecule has 0 aliphatic rings. The van der Waals surface area contributed by atoms with Crippen molar-refractivity contribution in [2.45, 2.75) is 6.61 Å². The van der Waals surface area contributed by atoms with Crippen LogP contribution in [0.25, 0.3) is 22.4 Å². The molecule has 3 N–H and O–H groups in total. The minimum absolute atomic E-state index is 0.386. The molecule has 0 bridgehead atoms. The van der Waals surface area contributed by atoms with Crippen molar-refractivity contribution in [3.8, 4) is 11.4 Å². The van der Waals surface area contributed by atoms with Gasteiger partial charge in [-0.05, 0) is 18.2 Å². The Morgan fingerprint density at radius 1 is 1.10 bits per heavy atom. The van der Waals surface area contributed by atoms with Crippen LogP contribution in [0.15, 0.2) is 36.7 Å². The first kappa shape index (κ1) is 13.3. The number of rotatable bonds is 4. The van der Waals surface area contributed by atoms with Crippen molar-refractivity contribution in [2.24, 2.45) is 5.84 Å². The number of methoxy groups -OCH3 is 1. The third kappa shape index (κ3) is 2.78. The summed E-state index contributed by atoms with van der Waals surface area (Å²) < 4.78 is 5.11. The van der Waals surface area contributed by atoms with Crippen molar-refractivity contribution in [3.63, 3.8) is 0 Å². The van der Waals surface area contributed by atoms with Gasteiger partial charge in [0.15, 0.2) is 5.82 Å². The van der Waals surface area contributed by atoms with Crippen molar-refractivity contribution in [1.29, 1.82) is 0 Å². The van der Waals surface area contributed by atoms with Crippen LogP contribution in [-0.4, -0.2) is 27.0 Å². The van der Waals surface area contributed by atoms with Crippen LogP contribution >= 0.6 is 0 Å². The van der Waals surface area contributed by atoms with E-state index in [4.69, 9.17) is 10.6 Å². The Morgan fingerprint density at radius 2 is 1.90 bits per heavy atom. The number of hydrogen-bond donors (Lipinski definition) is 2. The van der Waals surface area contributed by atoms with Gasteiger partial charge >= 0.3 is 0 Å². The largest absolute Gasteiger partial charge is 0.378 e. The third-order valence-electron chi connectivity index (χ3n) is 2.95. The summed E-state index contributed by atoms with van der Waals surface area (Å²) in [5.41, 5.74) is 5.74. The Morgan fingerprint density at radius 3 is 2.67 bits per heavy atom. The van der Waals surface area contributed by atoms with E-state index in [0.717, 1.165) is 22.3 Å². The number of hydrazine groups is 1.